The van der Waals surface area contributed by atoms with Crippen LogP contribution in [-0.2, 0) is 11.3 Å². The predicted octanol–water partition coefficient (Wildman–Crippen LogP) is 1.85. The number of ether oxygens (including phenoxy) is 1. The van der Waals surface area contributed by atoms with Crippen LogP contribution in [0.25, 0.3) is 0 Å². The van der Waals surface area contributed by atoms with Crippen molar-refractivity contribution in [2.45, 2.75) is 32.9 Å². The number of hydrogen-bond donors (Lipinski definition) is 0. The van der Waals surface area contributed by atoms with E-state index in [0.29, 0.717) is 25.4 Å². The molecule has 1 aromatic rings. The lowest BCUT2D eigenvalue weighted by molar-refractivity contribution is -0.128. The molecule has 1 fully saturated rings. The maximum absolute atomic E-state index is 11.8. The first-order valence-corrected chi connectivity index (χ1v) is 6.44. The van der Waals surface area contributed by atoms with Crippen molar-refractivity contribution in [3.63, 3.8) is 0 Å². The fourth-order valence-corrected chi connectivity index (χ4v) is 2.11. The van der Waals surface area contributed by atoms with Crippen LogP contribution in [0, 0.1) is 18.3 Å². The highest BCUT2D eigenvalue weighted by atomic mass is 16.5. The van der Waals surface area contributed by atoms with Gasteiger partial charge >= 0.3 is 0 Å². The van der Waals surface area contributed by atoms with Gasteiger partial charge in [-0.3, -0.25) is 4.79 Å². The molecule has 0 aliphatic carbocycles. The van der Waals surface area contributed by atoms with Gasteiger partial charge in [0.15, 0.2) is 0 Å². The Balaban J connectivity index is 2.03. The maximum atomic E-state index is 11.8. The van der Waals surface area contributed by atoms with Crippen LogP contribution < -0.4 is 4.74 Å². The Morgan fingerprint density at radius 2 is 2.42 bits per heavy atom. The smallest absolute Gasteiger partial charge is 0.224 e. The fraction of sp³-hybridized carbons (Fsp3) is 0.467. The molecule has 2 heterocycles. The number of carbonyl (C=O) groups is 1. The Hall–Kier alpha value is -2.02. The molecule has 1 saturated heterocycles. The fourth-order valence-electron chi connectivity index (χ4n) is 2.11. The van der Waals surface area contributed by atoms with E-state index in [1.165, 1.54) is 0 Å². The van der Waals surface area contributed by atoms with Gasteiger partial charge in [0.25, 0.3) is 0 Å². The zero-order chi connectivity index (χ0) is 13.8. The summed E-state index contributed by atoms with van der Waals surface area (Å²) in [6.07, 6.45) is 7.61. The molecular formula is C15H18N2O2. The summed E-state index contributed by atoms with van der Waals surface area (Å²) in [6.45, 7) is 5.11. The van der Waals surface area contributed by atoms with Crippen molar-refractivity contribution in [3.8, 4) is 18.2 Å². The van der Waals surface area contributed by atoms with Gasteiger partial charge in [-0.15, -0.1) is 12.3 Å². The average Bonchev–Trinajstić information content (AvgIpc) is 2.70. The third kappa shape index (κ3) is 3.47. The molecule has 2 rings (SSSR count). The largest absolute Gasteiger partial charge is 0.475 e. The van der Waals surface area contributed by atoms with E-state index in [1.54, 1.807) is 11.1 Å². The van der Waals surface area contributed by atoms with Crippen LogP contribution in [0.1, 0.15) is 25.8 Å². The van der Waals surface area contributed by atoms with E-state index in [0.717, 1.165) is 5.56 Å². The quantitative estimate of drug-likeness (QED) is 0.774. The minimum absolute atomic E-state index is 0.0423. The summed E-state index contributed by atoms with van der Waals surface area (Å²) >= 11 is 0. The molecule has 1 amide bonds. The highest BCUT2D eigenvalue weighted by molar-refractivity contribution is 5.79. The Morgan fingerprint density at radius 1 is 1.63 bits per heavy atom. The number of aromatic nitrogens is 1. The summed E-state index contributed by atoms with van der Waals surface area (Å²) in [6, 6.07) is 3.76. The molecule has 1 atom stereocenters. The number of hydrogen-bond acceptors (Lipinski definition) is 3. The van der Waals surface area contributed by atoms with Crippen LogP contribution in [0.4, 0.5) is 0 Å². The molecular weight excluding hydrogens is 240 g/mol. The molecule has 0 N–H and O–H groups in total. The highest BCUT2D eigenvalue weighted by Crippen LogP contribution is 2.20. The number of terminal acetylenes is 1. The van der Waals surface area contributed by atoms with E-state index < -0.39 is 0 Å². The topological polar surface area (TPSA) is 42.4 Å². The molecule has 0 aromatic carbocycles. The standard InChI is InChI=1S/C15H18N2O2/c1-4-12-8-15(18)17(9-12)10-13-5-6-16-14(7-13)19-11(2)3/h1,5-7,11-12H,8-10H2,2-3H3. The molecule has 1 aliphatic rings. The molecule has 1 unspecified atom stereocenters. The summed E-state index contributed by atoms with van der Waals surface area (Å²) in [7, 11) is 0. The SMILES string of the molecule is C#CC1CC(=O)N(Cc2ccnc(OC(C)C)c2)C1. The van der Waals surface area contributed by atoms with Crippen molar-refractivity contribution in [1.82, 2.24) is 9.88 Å². The number of nitrogens with zero attached hydrogens (tertiary/aromatic N) is 2. The average molecular weight is 258 g/mol. The van der Waals surface area contributed by atoms with Crippen LogP contribution in [0.15, 0.2) is 18.3 Å². The number of amides is 1. The van der Waals surface area contributed by atoms with E-state index >= 15 is 0 Å². The highest BCUT2D eigenvalue weighted by Gasteiger charge is 2.28. The zero-order valence-corrected chi connectivity index (χ0v) is 11.3. The van der Waals surface area contributed by atoms with Gasteiger partial charge in [0, 0.05) is 37.7 Å². The second-order valence-electron chi connectivity index (χ2n) is 5.01. The van der Waals surface area contributed by atoms with Crippen LogP contribution in [0.2, 0.25) is 0 Å². The molecule has 0 radical (unpaired) electrons. The van der Waals surface area contributed by atoms with E-state index in [4.69, 9.17) is 11.2 Å². The lowest BCUT2D eigenvalue weighted by atomic mass is 10.1. The normalized spacial score (nSPS) is 18.7. The Bertz CT molecular complexity index is 505. The number of likely N-dealkylation sites (tertiary alicyclic amines) is 1. The number of carbonyl (C=O) groups excluding carboxylic acids is 1. The second-order valence-corrected chi connectivity index (χ2v) is 5.01. The lowest BCUT2D eigenvalue weighted by Gasteiger charge is -2.16. The van der Waals surface area contributed by atoms with Crippen LogP contribution in [-0.4, -0.2) is 28.4 Å². The van der Waals surface area contributed by atoms with Crippen LogP contribution in [0.3, 0.4) is 0 Å². The van der Waals surface area contributed by atoms with Crippen LogP contribution in [0.5, 0.6) is 5.88 Å². The molecule has 1 aromatic heterocycles. The Labute approximate surface area is 113 Å². The van der Waals surface area contributed by atoms with Crippen molar-refractivity contribution in [1.29, 1.82) is 0 Å². The van der Waals surface area contributed by atoms with Crippen molar-refractivity contribution in [2.24, 2.45) is 5.92 Å². The van der Waals surface area contributed by atoms with E-state index in [-0.39, 0.29) is 17.9 Å². The molecule has 0 bridgehead atoms. The number of pyridine rings is 1. The van der Waals surface area contributed by atoms with E-state index in [1.807, 2.05) is 26.0 Å². The first kappa shape index (κ1) is 13.4. The second kappa shape index (κ2) is 5.75. The summed E-state index contributed by atoms with van der Waals surface area (Å²) in [5.41, 5.74) is 1.01. The third-order valence-electron chi connectivity index (χ3n) is 2.98. The van der Waals surface area contributed by atoms with Crippen molar-refractivity contribution >= 4 is 5.91 Å². The van der Waals surface area contributed by atoms with E-state index in [2.05, 4.69) is 10.9 Å². The first-order chi connectivity index (χ1) is 9.08. The molecule has 4 nitrogen and oxygen atoms in total. The summed E-state index contributed by atoms with van der Waals surface area (Å²) < 4.78 is 5.54. The Kier molecular flexibility index (Phi) is 4.06. The Morgan fingerprint density at radius 3 is 3.05 bits per heavy atom. The van der Waals surface area contributed by atoms with Crippen molar-refractivity contribution < 1.29 is 9.53 Å². The molecule has 0 saturated carbocycles. The van der Waals surface area contributed by atoms with Gasteiger partial charge in [-0.2, -0.15) is 0 Å². The van der Waals surface area contributed by atoms with Crippen LogP contribution >= 0.6 is 0 Å². The number of rotatable bonds is 4. The van der Waals surface area contributed by atoms with Gasteiger partial charge in [-0.05, 0) is 25.5 Å². The molecule has 4 heteroatoms. The lowest BCUT2D eigenvalue weighted by Crippen LogP contribution is -2.24. The van der Waals surface area contributed by atoms with Gasteiger partial charge in [0.1, 0.15) is 0 Å². The zero-order valence-electron chi connectivity index (χ0n) is 11.3. The van der Waals surface area contributed by atoms with Crippen molar-refractivity contribution in [3.05, 3.63) is 23.9 Å². The summed E-state index contributed by atoms with van der Waals surface area (Å²) in [5, 5.41) is 0. The molecule has 1 aliphatic heterocycles. The van der Waals surface area contributed by atoms with Gasteiger partial charge in [0.05, 0.1) is 6.10 Å². The first-order valence-electron chi connectivity index (χ1n) is 6.44. The maximum Gasteiger partial charge on any atom is 0.224 e. The van der Waals surface area contributed by atoms with Gasteiger partial charge in [0.2, 0.25) is 11.8 Å². The van der Waals surface area contributed by atoms with Gasteiger partial charge in [-0.1, -0.05) is 0 Å². The van der Waals surface area contributed by atoms with Crippen molar-refractivity contribution in [2.75, 3.05) is 6.54 Å². The van der Waals surface area contributed by atoms with E-state index in [9.17, 15) is 4.79 Å². The summed E-state index contributed by atoms with van der Waals surface area (Å²) in [4.78, 5) is 17.7. The van der Waals surface area contributed by atoms with Gasteiger partial charge in [-0.25, -0.2) is 4.98 Å². The van der Waals surface area contributed by atoms with Gasteiger partial charge < -0.3 is 9.64 Å². The monoisotopic (exact) mass is 258 g/mol. The summed E-state index contributed by atoms with van der Waals surface area (Å²) in [5.74, 6) is 3.40. The molecule has 19 heavy (non-hydrogen) atoms. The minimum atomic E-state index is 0.0423. The molecule has 100 valence electrons. The minimum Gasteiger partial charge on any atom is -0.475 e. The molecule has 0 spiro atoms. The predicted molar refractivity (Wildman–Crippen MR) is 72.4 cm³/mol. The third-order valence-corrected chi connectivity index (χ3v) is 2.98.